The van der Waals surface area contributed by atoms with E-state index in [9.17, 15) is 9.59 Å². The largest absolute Gasteiger partial charge is 0.466 e. The molecule has 0 bridgehead atoms. The van der Waals surface area contributed by atoms with Gasteiger partial charge in [0.05, 0.1) is 6.61 Å². The summed E-state index contributed by atoms with van der Waals surface area (Å²) < 4.78 is 4.90. The van der Waals surface area contributed by atoms with Crippen LogP contribution in [0.4, 0.5) is 0 Å². The van der Waals surface area contributed by atoms with Crippen molar-refractivity contribution in [3.8, 4) is 0 Å². The lowest BCUT2D eigenvalue weighted by atomic mass is 10.1. The van der Waals surface area contributed by atoms with Crippen molar-refractivity contribution in [3.05, 3.63) is 0 Å². The van der Waals surface area contributed by atoms with Crippen molar-refractivity contribution >= 4 is 17.8 Å². The number of hydrogen-bond acceptors (Lipinski definition) is 4. The summed E-state index contributed by atoms with van der Waals surface area (Å²) >= 11 is 0. The molecule has 1 heterocycles. The summed E-state index contributed by atoms with van der Waals surface area (Å²) in [7, 11) is 0. The van der Waals surface area contributed by atoms with Gasteiger partial charge >= 0.3 is 5.97 Å². The smallest absolute Gasteiger partial charge is 0.305 e. The number of nitrogens with one attached hydrogen (secondary N) is 2. The van der Waals surface area contributed by atoms with Crippen molar-refractivity contribution in [3.63, 3.8) is 0 Å². The van der Waals surface area contributed by atoms with Crippen molar-refractivity contribution in [2.24, 2.45) is 4.99 Å². The summed E-state index contributed by atoms with van der Waals surface area (Å²) in [6.07, 6.45) is 6.66. The molecule has 25 heavy (non-hydrogen) atoms. The Hall–Kier alpha value is -1.79. The number of carbonyl (C=O) groups excluding carboxylic acids is 2. The summed E-state index contributed by atoms with van der Waals surface area (Å²) in [6, 6.07) is 0. The van der Waals surface area contributed by atoms with E-state index in [0.29, 0.717) is 19.0 Å². The van der Waals surface area contributed by atoms with Gasteiger partial charge in [-0.3, -0.25) is 9.59 Å². The fraction of sp³-hybridized carbons (Fsp3) is 0.833. The Labute approximate surface area is 151 Å². The van der Waals surface area contributed by atoms with Gasteiger partial charge in [0, 0.05) is 32.6 Å². The molecule has 1 aliphatic rings. The van der Waals surface area contributed by atoms with E-state index in [1.807, 2.05) is 18.7 Å². The first-order valence-corrected chi connectivity index (χ1v) is 9.63. The molecule has 0 spiro atoms. The van der Waals surface area contributed by atoms with Crippen LogP contribution >= 0.6 is 0 Å². The predicted octanol–water partition coefficient (Wildman–Crippen LogP) is 1.68. The lowest BCUT2D eigenvalue weighted by molar-refractivity contribution is -0.143. The highest BCUT2D eigenvalue weighted by Crippen LogP contribution is 2.07. The van der Waals surface area contributed by atoms with Crippen LogP contribution in [-0.4, -0.2) is 62.1 Å². The van der Waals surface area contributed by atoms with E-state index in [1.54, 1.807) is 0 Å². The predicted molar refractivity (Wildman–Crippen MR) is 99.5 cm³/mol. The number of ether oxygens (including phenoxy) is 1. The zero-order chi connectivity index (χ0) is 18.3. The molecule has 1 fully saturated rings. The van der Waals surface area contributed by atoms with Crippen LogP contribution in [0.2, 0.25) is 0 Å². The number of unbranched alkanes of at least 4 members (excludes halogenated alkanes) is 3. The van der Waals surface area contributed by atoms with Crippen LogP contribution in [0.15, 0.2) is 4.99 Å². The average molecular weight is 354 g/mol. The third-order valence-electron chi connectivity index (χ3n) is 4.08. The number of esters is 1. The molecule has 1 rings (SSSR count). The fourth-order valence-corrected chi connectivity index (χ4v) is 2.74. The van der Waals surface area contributed by atoms with E-state index in [1.165, 1.54) is 0 Å². The monoisotopic (exact) mass is 354 g/mol. The Bertz CT molecular complexity index is 421. The molecular weight excluding hydrogens is 320 g/mol. The molecule has 0 aromatic heterocycles. The van der Waals surface area contributed by atoms with Gasteiger partial charge < -0.3 is 20.3 Å². The molecule has 144 valence electrons. The lowest BCUT2D eigenvalue weighted by Crippen LogP contribution is -2.39. The molecule has 0 aromatic carbocycles. The van der Waals surface area contributed by atoms with Gasteiger partial charge in [0.15, 0.2) is 5.96 Å². The molecule has 1 amide bonds. The van der Waals surface area contributed by atoms with Crippen LogP contribution in [-0.2, 0) is 14.3 Å². The Balaban J connectivity index is 2.14. The van der Waals surface area contributed by atoms with Gasteiger partial charge in [-0.15, -0.1) is 0 Å². The second-order valence-corrected chi connectivity index (χ2v) is 6.18. The maximum absolute atomic E-state index is 12.0. The highest BCUT2D eigenvalue weighted by atomic mass is 16.5. The molecule has 7 heteroatoms. The molecule has 7 nitrogen and oxygen atoms in total. The topological polar surface area (TPSA) is 83.0 Å². The first-order chi connectivity index (χ1) is 12.2. The fourth-order valence-electron chi connectivity index (χ4n) is 2.74. The van der Waals surface area contributed by atoms with E-state index in [-0.39, 0.29) is 18.4 Å². The van der Waals surface area contributed by atoms with Gasteiger partial charge in [-0.25, -0.2) is 4.99 Å². The van der Waals surface area contributed by atoms with Gasteiger partial charge in [-0.2, -0.15) is 0 Å². The molecule has 1 aliphatic heterocycles. The standard InChI is InChI=1S/C18H34N4O3/c1-3-19-18(21-15-16(23)22-13-9-10-14-22)20-12-8-6-5-7-11-17(24)25-4-2/h3-15H2,1-2H3,(H2,19,20,21). The summed E-state index contributed by atoms with van der Waals surface area (Å²) in [5.74, 6) is 0.695. The van der Waals surface area contributed by atoms with E-state index in [0.717, 1.165) is 64.7 Å². The number of hydrogen-bond donors (Lipinski definition) is 2. The number of aliphatic imine (C=N–C) groups is 1. The van der Waals surface area contributed by atoms with Crippen molar-refractivity contribution in [1.29, 1.82) is 0 Å². The van der Waals surface area contributed by atoms with Gasteiger partial charge in [0.1, 0.15) is 6.54 Å². The van der Waals surface area contributed by atoms with Gasteiger partial charge in [0.2, 0.25) is 5.91 Å². The normalized spacial score (nSPS) is 14.5. The maximum atomic E-state index is 12.0. The molecule has 0 aliphatic carbocycles. The number of carbonyl (C=O) groups is 2. The Kier molecular flexibility index (Phi) is 11.5. The molecule has 0 saturated carbocycles. The summed E-state index contributed by atoms with van der Waals surface area (Å²) in [5.41, 5.74) is 0. The molecule has 0 atom stereocenters. The first-order valence-electron chi connectivity index (χ1n) is 9.63. The third-order valence-corrected chi connectivity index (χ3v) is 4.08. The zero-order valence-electron chi connectivity index (χ0n) is 15.8. The van der Waals surface area contributed by atoms with E-state index in [4.69, 9.17) is 4.74 Å². The summed E-state index contributed by atoms with van der Waals surface area (Å²) in [5, 5.41) is 6.43. The molecule has 1 saturated heterocycles. The zero-order valence-corrected chi connectivity index (χ0v) is 15.8. The van der Waals surface area contributed by atoms with Crippen LogP contribution in [0, 0.1) is 0 Å². The second-order valence-electron chi connectivity index (χ2n) is 6.18. The van der Waals surface area contributed by atoms with E-state index < -0.39 is 0 Å². The number of rotatable bonds is 11. The van der Waals surface area contributed by atoms with E-state index in [2.05, 4.69) is 15.6 Å². The molecular formula is C18H34N4O3. The number of guanidine groups is 1. The second kappa shape index (κ2) is 13.5. The summed E-state index contributed by atoms with van der Waals surface area (Å²) in [4.78, 5) is 29.5. The van der Waals surface area contributed by atoms with Crippen LogP contribution in [0.1, 0.15) is 58.8 Å². The Morgan fingerprint density at radius 3 is 2.44 bits per heavy atom. The van der Waals surface area contributed by atoms with Crippen LogP contribution in [0.3, 0.4) is 0 Å². The van der Waals surface area contributed by atoms with Gasteiger partial charge in [-0.1, -0.05) is 12.8 Å². The van der Waals surface area contributed by atoms with Crippen molar-refractivity contribution in [2.75, 3.05) is 39.3 Å². The SMILES string of the molecule is CCNC(=NCC(=O)N1CCCC1)NCCCCCCC(=O)OCC. The first kappa shape index (κ1) is 21.3. The van der Waals surface area contributed by atoms with Crippen LogP contribution in [0.5, 0.6) is 0 Å². The van der Waals surface area contributed by atoms with Crippen LogP contribution < -0.4 is 10.6 Å². The minimum absolute atomic E-state index is 0.105. The van der Waals surface area contributed by atoms with Crippen LogP contribution in [0.25, 0.3) is 0 Å². The number of nitrogens with zero attached hydrogens (tertiary/aromatic N) is 2. The number of amides is 1. The Morgan fingerprint density at radius 2 is 1.76 bits per heavy atom. The third kappa shape index (κ3) is 9.94. The average Bonchev–Trinajstić information content (AvgIpc) is 3.13. The Morgan fingerprint density at radius 1 is 1.04 bits per heavy atom. The maximum Gasteiger partial charge on any atom is 0.305 e. The van der Waals surface area contributed by atoms with Crippen molar-refractivity contribution in [2.45, 2.75) is 58.8 Å². The highest BCUT2D eigenvalue weighted by Gasteiger charge is 2.17. The molecule has 0 aromatic rings. The summed E-state index contributed by atoms with van der Waals surface area (Å²) in [6.45, 7) is 7.80. The quantitative estimate of drug-likeness (QED) is 0.255. The minimum atomic E-state index is -0.107. The van der Waals surface area contributed by atoms with E-state index >= 15 is 0 Å². The lowest BCUT2D eigenvalue weighted by Gasteiger charge is -2.15. The molecule has 0 radical (unpaired) electrons. The molecule has 2 N–H and O–H groups in total. The van der Waals surface area contributed by atoms with Crippen molar-refractivity contribution < 1.29 is 14.3 Å². The van der Waals surface area contributed by atoms with Gasteiger partial charge in [0.25, 0.3) is 0 Å². The minimum Gasteiger partial charge on any atom is -0.466 e. The number of likely N-dealkylation sites (tertiary alicyclic amines) is 1. The highest BCUT2D eigenvalue weighted by molar-refractivity contribution is 5.85. The van der Waals surface area contributed by atoms with Crippen molar-refractivity contribution in [1.82, 2.24) is 15.5 Å². The molecule has 0 unspecified atom stereocenters. The van der Waals surface area contributed by atoms with Gasteiger partial charge in [-0.05, 0) is 39.5 Å².